The van der Waals surface area contributed by atoms with E-state index >= 15 is 0 Å². The number of nitrogens with zero attached hydrogens (tertiary/aromatic N) is 1. The van der Waals surface area contributed by atoms with Gasteiger partial charge in [0.2, 0.25) is 5.91 Å². The van der Waals surface area contributed by atoms with Gasteiger partial charge in [0.05, 0.1) is 6.54 Å². The maximum atomic E-state index is 12.2. The highest BCUT2D eigenvalue weighted by Crippen LogP contribution is 2.17. The normalized spacial score (nSPS) is 20.2. The minimum atomic E-state index is 0.0642. The van der Waals surface area contributed by atoms with E-state index in [1.807, 2.05) is 12.1 Å². The minimum Gasteiger partial charge on any atom is -0.325 e. The zero-order valence-electron chi connectivity index (χ0n) is 15.4. The molecule has 1 aliphatic heterocycles. The quantitative estimate of drug-likeness (QED) is 0.823. The van der Waals surface area contributed by atoms with E-state index in [2.05, 4.69) is 27.7 Å². The van der Waals surface area contributed by atoms with Crippen LogP contribution < -0.4 is 10.6 Å². The van der Waals surface area contributed by atoms with Crippen molar-refractivity contribution in [2.75, 3.05) is 25.0 Å². The lowest BCUT2D eigenvalue weighted by Crippen LogP contribution is -2.36. The van der Waals surface area contributed by atoms with Crippen molar-refractivity contribution in [1.82, 2.24) is 10.2 Å². The molecule has 4 nitrogen and oxygen atoms in total. The number of carbonyl (C=O) groups excluding carboxylic acids is 1. The zero-order chi connectivity index (χ0) is 17.3. The Morgan fingerprint density at radius 1 is 0.920 bits per heavy atom. The Bertz CT molecular complexity index is 514. The van der Waals surface area contributed by atoms with Crippen molar-refractivity contribution >= 4 is 11.6 Å². The van der Waals surface area contributed by atoms with Crippen LogP contribution in [0.3, 0.4) is 0 Å². The summed E-state index contributed by atoms with van der Waals surface area (Å²) >= 11 is 0. The van der Waals surface area contributed by atoms with Gasteiger partial charge in [0.1, 0.15) is 0 Å². The number of likely N-dealkylation sites (tertiary alicyclic amines) is 1. The first kappa shape index (κ1) is 18.4. The van der Waals surface area contributed by atoms with Gasteiger partial charge in [-0.1, -0.05) is 44.2 Å². The molecule has 1 aromatic carbocycles. The Balaban J connectivity index is 1.39. The van der Waals surface area contributed by atoms with Gasteiger partial charge in [0.25, 0.3) is 0 Å². The Morgan fingerprint density at radius 3 is 2.24 bits per heavy atom. The Morgan fingerprint density at radius 2 is 1.56 bits per heavy atom. The molecule has 1 aliphatic carbocycles. The molecule has 1 aromatic rings. The van der Waals surface area contributed by atoms with Crippen LogP contribution in [-0.4, -0.2) is 36.5 Å². The smallest absolute Gasteiger partial charge is 0.238 e. The molecule has 0 radical (unpaired) electrons. The van der Waals surface area contributed by atoms with Gasteiger partial charge < -0.3 is 10.6 Å². The zero-order valence-corrected chi connectivity index (χ0v) is 15.4. The lowest BCUT2D eigenvalue weighted by molar-refractivity contribution is -0.115. The number of anilines is 1. The van der Waals surface area contributed by atoms with E-state index in [9.17, 15) is 4.79 Å². The number of rotatable bonds is 6. The first-order chi connectivity index (χ1) is 12.3. The van der Waals surface area contributed by atoms with Crippen LogP contribution in [0.15, 0.2) is 24.3 Å². The first-order valence-corrected chi connectivity index (χ1v) is 10.1. The van der Waals surface area contributed by atoms with Crippen LogP contribution in [0, 0.1) is 0 Å². The summed E-state index contributed by atoms with van der Waals surface area (Å²) in [6.45, 7) is 3.87. The molecule has 0 spiro atoms. The molecule has 1 amide bonds. The summed E-state index contributed by atoms with van der Waals surface area (Å²) in [7, 11) is 0. The predicted molar refractivity (Wildman–Crippen MR) is 104 cm³/mol. The number of amides is 1. The van der Waals surface area contributed by atoms with Crippen LogP contribution in [0.2, 0.25) is 0 Å². The van der Waals surface area contributed by atoms with Crippen LogP contribution in [-0.2, 0) is 11.3 Å². The van der Waals surface area contributed by atoms with Crippen molar-refractivity contribution in [3.05, 3.63) is 29.8 Å². The van der Waals surface area contributed by atoms with Crippen molar-refractivity contribution < 1.29 is 4.79 Å². The van der Waals surface area contributed by atoms with Crippen LogP contribution in [0.1, 0.15) is 63.4 Å². The summed E-state index contributed by atoms with van der Waals surface area (Å²) in [6.07, 6.45) is 11.7. The third-order valence-corrected chi connectivity index (χ3v) is 5.50. The maximum absolute atomic E-state index is 12.2. The lowest BCUT2D eigenvalue weighted by atomic mass is 9.97. The Hall–Kier alpha value is -1.39. The number of carbonyl (C=O) groups is 1. The van der Waals surface area contributed by atoms with Gasteiger partial charge in [0.15, 0.2) is 0 Å². The van der Waals surface area contributed by atoms with E-state index < -0.39 is 0 Å². The Kier molecular flexibility index (Phi) is 7.31. The maximum Gasteiger partial charge on any atom is 0.238 e. The molecule has 0 unspecified atom stereocenters. The van der Waals surface area contributed by atoms with Crippen molar-refractivity contribution in [3.8, 4) is 0 Å². The van der Waals surface area contributed by atoms with Crippen molar-refractivity contribution in [2.24, 2.45) is 0 Å². The first-order valence-electron chi connectivity index (χ1n) is 10.1. The Labute approximate surface area is 152 Å². The molecule has 2 aliphatic rings. The van der Waals surface area contributed by atoms with E-state index in [-0.39, 0.29) is 5.91 Å². The summed E-state index contributed by atoms with van der Waals surface area (Å²) in [4.78, 5) is 14.7. The molecule has 4 heteroatoms. The average molecular weight is 344 g/mol. The summed E-state index contributed by atoms with van der Waals surface area (Å²) in [6, 6.07) is 8.83. The van der Waals surface area contributed by atoms with Gasteiger partial charge in [-0.05, 0) is 56.5 Å². The molecular formula is C21H33N3O. The van der Waals surface area contributed by atoms with E-state index in [0.29, 0.717) is 12.6 Å². The number of benzene rings is 1. The highest BCUT2D eigenvalue weighted by atomic mass is 16.1. The molecule has 2 fully saturated rings. The molecule has 1 saturated heterocycles. The highest BCUT2D eigenvalue weighted by molar-refractivity contribution is 5.92. The van der Waals surface area contributed by atoms with Gasteiger partial charge in [-0.25, -0.2) is 0 Å². The van der Waals surface area contributed by atoms with Gasteiger partial charge >= 0.3 is 0 Å². The average Bonchev–Trinajstić information content (AvgIpc) is 3.09. The summed E-state index contributed by atoms with van der Waals surface area (Å²) in [5.74, 6) is 0.0642. The standard InChI is InChI=1S/C21H33N3O/c25-21(16-22-19-8-4-2-1-3-5-9-19)23-20-12-10-18(11-13-20)17-24-14-6-7-15-24/h10-13,19,22H,1-9,14-17H2,(H,23,25). The van der Waals surface area contributed by atoms with E-state index in [1.165, 1.54) is 76.4 Å². The van der Waals surface area contributed by atoms with Gasteiger partial charge in [-0.2, -0.15) is 0 Å². The van der Waals surface area contributed by atoms with E-state index in [0.717, 1.165) is 12.2 Å². The van der Waals surface area contributed by atoms with Gasteiger partial charge in [-0.15, -0.1) is 0 Å². The fraction of sp³-hybridized carbons (Fsp3) is 0.667. The SMILES string of the molecule is O=C(CNC1CCCCCCC1)Nc1ccc(CN2CCCC2)cc1. The minimum absolute atomic E-state index is 0.0642. The molecule has 0 bridgehead atoms. The molecule has 0 aromatic heterocycles. The van der Waals surface area contributed by atoms with Crippen molar-refractivity contribution in [2.45, 2.75) is 70.4 Å². The molecule has 25 heavy (non-hydrogen) atoms. The van der Waals surface area contributed by atoms with Crippen molar-refractivity contribution in [1.29, 1.82) is 0 Å². The molecular weight excluding hydrogens is 310 g/mol. The van der Waals surface area contributed by atoms with E-state index in [4.69, 9.17) is 0 Å². The van der Waals surface area contributed by atoms with Crippen LogP contribution in [0.5, 0.6) is 0 Å². The van der Waals surface area contributed by atoms with Gasteiger partial charge in [0, 0.05) is 18.3 Å². The summed E-state index contributed by atoms with van der Waals surface area (Å²) < 4.78 is 0. The molecule has 3 rings (SSSR count). The lowest BCUT2D eigenvalue weighted by Gasteiger charge is -2.20. The topological polar surface area (TPSA) is 44.4 Å². The number of hydrogen-bond donors (Lipinski definition) is 2. The molecule has 0 atom stereocenters. The van der Waals surface area contributed by atoms with Crippen LogP contribution >= 0.6 is 0 Å². The fourth-order valence-electron chi connectivity index (χ4n) is 3.99. The van der Waals surface area contributed by atoms with Crippen LogP contribution in [0.4, 0.5) is 5.69 Å². The number of nitrogens with one attached hydrogen (secondary N) is 2. The molecule has 1 heterocycles. The highest BCUT2D eigenvalue weighted by Gasteiger charge is 2.13. The second kappa shape index (κ2) is 9.93. The van der Waals surface area contributed by atoms with Crippen LogP contribution in [0.25, 0.3) is 0 Å². The van der Waals surface area contributed by atoms with Crippen molar-refractivity contribution in [3.63, 3.8) is 0 Å². The van der Waals surface area contributed by atoms with Gasteiger partial charge in [-0.3, -0.25) is 9.69 Å². The third-order valence-electron chi connectivity index (χ3n) is 5.50. The molecule has 2 N–H and O–H groups in total. The predicted octanol–water partition coefficient (Wildman–Crippen LogP) is 3.92. The second-order valence-electron chi connectivity index (χ2n) is 7.65. The summed E-state index contributed by atoms with van der Waals surface area (Å²) in [5.41, 5.74) is 2.22. The third kappa shape index (κ3) is 6.44. The molecule has 1 saturated carbocycles. The fourth-order valence-corrected chi connectivity index (χ4v) is 3.99. The largest absolute Gasteiger partial charge is 0.325 e. The summed E-state index contributed by atoms with van der Waals surface area (Å²) in [5, 5.41) is 6.47. The van der Waals surface area contributed by atoms with E-state index in [1.54, 1.807) is 0 Å². The molecule has 138 valence electrons. The number of hydrogen-bond acceptors (Lipinski definition) is 3. The monoisotopic (exact) mass is 343 g/mol. The second-order valence-corrected chi connectivity index (χ2v) is 7.65.